The maximum absolute atomic E-state index is 12.5. The highest BCUT2D eigenvalue weighted by Gasteiger charge is 2.12. The summed E-state index contributed by atoms with van der Waals surface area (Å²) in [5.74, 6) is 0. The van der Waals surface area contributed by atoms with Crippen molar-refractivity contribution in [1.82, 2.24) is 4.57 Å². The van der Waals surface area contributed by atoms with Crippen molar-refractivity contribution in [2.45, 2.75) is 0 Å². The van der Waals surface area contributed by atoms with Crippen molar-refractivity contribution >= 4 is 32.3 Å². The van der Waals surface area contributed by atoms with Crippen LogP contribution < -0.4 is 5.56 Å². The van der Waals surface area contributed by atoms with E-state index in [4.69, 9.17) is 0 Å². The van der Waals surface area contributed by atoms with Gasteiger partial charge in [-0.3, -0.25) is 4.79 Å². The first kappa shape index (κ1) is 12.4. The van der Waals surface area contributed by atoms with E-state index in [-0.39, 0.29) is 5.56 Å². The molecule has 0 amide bonds. The highest BCUT2D eigenvalue weighted by molar-refractivity contribution is 7.23. The Balaban J connectivity index is 2.15. The summed E-state index contributed by atoms with van der Waals surface area (Å²) in [7, 11) is 1.85. The van der Waals surface area contributed by atoms with E-state index in [1.54, 1.807) is 15.9 Å². The fourth-order valence-electron chi connectivity index (χ4n) is 2.73. The number of aryl methyl sites for hydroxylation is 1. The Morgan fingerprint density at radius 3 is 2.33 bits per heavy atom. The van der Waals surface area contributed by atoms with Gasteiger partial charge in [-0.2, -0.15) is 0 Å². The number of pyridine rings is 1. The Hall–Kier alpha value is -2.39. The first-order valence-corrected chi connectivity index (χ1v) is 7.64. The third-order valence-electron chi connectivity index (χ3n) is 3.84. The van der Waals surface area contributed by atoms with Crippen LogP contribution in [0.1, 0.15) is 0 Å². The molecule has 21 heavy (non-hydrogen) atoms. The lowest BCUT2D eigenvalue weighted by atomic mass is 10.1. The molecule has 4 aromatic rings. The summed E-state index contributed by atoms with van der Waals surface area (Å²) in [5.41, 5.74) is 2.26. The van der Waals surface area contributed by atoms with Crippen LogP contribution in [0.15, 0.2) is 65.5 Å². The molecular weight excluding hydrogens is 278 g/mol. The molecule has 0 saturated carbocycles. The molecule has 2 nitrogen and oxygen atoms in total. The molecule has 0 atom stereocenters. The van der Waals surface area contributed by atoms with Crippen LogP contribution in [0.2, 0.25) is 0 Å². The molecule has 0 radical (unpaired) electrons. The van der Waals surface area contributed by atoms with Crippen LogP contribution in [-0.4, -0.2) is 4.57 Å². The molecule has 0 bridgehead atoms. The minimum Gasteiger partial charge on any atom is -0.310 e. The first-order chi connectivity index (χ1) is 10.3. The van der Waals surface area contributed by atoms with Crippen molar-refractivity contribution in [1.29, 1.82) is 0 Å². The summed E-state index contributed by atoms with van der Waals surface area (Å²) >= 11 is 1.74. The standard InChI is InChI=1S/C18H13NOS/c1-19-15-11-16(12-7-3-2-4-8-12)21-17(15)13-9-5-6-10-14(13)18(19)20/h2-11H,1H3. The molecule has 2 aromatic carbocycles. The number of fused-ring (bicyclic) bond motifs is 3. The van der Waals surface area contributed by atoms with Crippen LogP contribution in [0.3, 0.4) is 0 Å². The predicted octanol–water partition coefficient (Wildman–Crippen LogP) is 4.42. The molecule has 0 N–H and O–H groups in total. The Morgan fingerprint density at radius 1 is 0.905 bits per heavy atom. The summed E-state index contributed by atoms with van der Waals surface area (Å²) in [6.07, 6.45) is 0. The van der Waals surface area contributed by atoms with Gasteiger partial charge in [0.15, 0.2) is 0 Å². The van der Waals surface area contributed by atoms with Gasteiger partial charge in [0.2, 0.25) is 0 Å². The van der Waals surface area contributed by atoms with E-state index >= 15 is 0 Å². The number of nitrogens with zero attached hydrogens (tertiary/aromatic N) is 1. The van der Waals surface area contributed by atoms with Gasteiger partial charge in [-0.25, -0.2) is 0 Å². The SMILES string of the molecule is Cn1c(=O)c2ccccc2c2sc(-c3ccccc3)cc21. The second kappa shape index (κ2) is 4.57. The Bertz CT molecular complexity index is 1010. The van der Waals surface area contributed by atoms with Crippen molar-refractivity contribution in [2.75, 3.05) is 0 Å². The fraction of sp³-hybridized carbons (Fsp3) is 0.0556. The number of benzene rings is 2. The number of thiophene rings is 1. The van der Waals surface area contributed by atoms with Gasteiger partial charge < -0.3 is 4.57 Å². The second-order valence-corrected chi connectivity index (χ2v) is 6.15. The molecule has 0 aliphatic rings. The minimum atomic E-state index is 0.0653. The molecular formula is C18H13NOS. The van der Waals surface area contributed by atoms with Crippen molar-refractivity contribution in [2.24, 2.45) is 7.05 Å². The molecule has 2 heterocycles. The monoisotopic (exact) mass is 291 g/mol. The van der Waals surface area contributed by atoms with E-state index in [9.17, 15) is 4.79 Å². The zero-order chi connectivity index (χ0) is 14.4. The second-order valence-electron chi connectivity index (χ2n) is 5.10. The molecule has 102 valence electrons. The lowest BCUT2D eigenvalue weighted by Gasteiger charge is -2.03. The molecule has 3 heteroatoms. The van der Waals surface area contributed by atoms with Gasteiger partial charge in [0.1, 0.15) is 0 Å². The molecule has 4 rings (SSSR count). The largest absolute Gasteiger partial charge is 0.310 e. The van der Waals surface area contributed by atoms with E-state index in [0.717, 1.165) is 16.3 Å². The van der Waals surface area contributed by atoms with E-state index in [0.29, 0.717) is 0 Å². The van der Waals surface area contributed by atoms with Crippen molar-refractivity contribution in [3.8, 4) is 10.4 Å². The summed E-state index contributed by atoms with van der Waals surface area (Å²) in [6, 6.07) is 20.3. The fourth-order valence-corrected chi connectivity index (χ4v) is 3.96. The summed E-state index contributed by atoms with van der Waals surface area (Å²) < 4.78 is 2.92. The highest BCUT2D eigenvalue weighted by Crippen LogP contribution is 2.36. The van der Waals surface area contributed by atoms with E-state index in [2.05, 4.69) is 18.2 Å². The van der Waals surface area contributed by atoms with Crippen LogP contribution in [0.5, 0.6) is 0 Å². The van der Waals surface area contributed by atoms with Gasteiger partial charge in [0.25, 0.3) is 5.56 Å². The Kier molecular flexibility index (Phi) is 2.69. The predicted molar refractivity (Wildman–Crippen MR) is 90.0 cm³/mol. The van der Waals surface area contributed by atoms with Crippen LogP contribution >= 0.6 is 11.3 Å². The molecule has 0 spiro atoms. The number of hydrogen-bond donors (Lipinski definition) is 0. The van der Waals surface area contributed by atoms with Gasteiger partial charge in [0.05, 0.1) is 10.2 Å². The van der Waals surface area contributed by atoms with Gasteiger partial charge in [-0.15, -0.1) is 11.3 Å². The molecule has 0 unspecified atom stereocenters. The maximum Gasteiger partial charge on any atom is 0.258 e. The molecule has 0 aliphatic carbocycles. The smallest absolute Gasteiger partial charge is 0.258 e. The summed E-state index contributed by atoms with van der Waals surface area (Å²) in [6.45, 7) is 0. The first-order valence-electron chi connectivity index (χ1n) is 6.82. The topological polar surface area (TPSA) is 22.0 Å². The van der Waals surface area contributed by atoms with Gasteiger partial charge in [0, 0.05) is 22.7 Å². The lowest BCUT2D eigenvalue weighted by Crippen LogP contribution is -2.16. The Labute approximate surface area is 125 Å². The van der Waals surface area contributed by atoms with Crippen LogP contribution in [0.4, 0.5) is 0 Å². The lowest BCUT2D eigenvalue weighted by molar-refractivity contribution is 0.920. The molecule has 2 aromatic heterocycles. The van der Waals surface area contributed by atoms with E-state index in [1.165, 1.54) is 15.1 Å². The van der Waals surface area contributed by atoms with Gasteiger partial charge in [-0.1, -0.05) is 48.5 Å². The van der Waals surface area contributed by atoms with Crippen LogP contribution in [0.25, 0.3) is 31.4 Å². The van der Waals surface area contributed by atoms with Crippen LogP contribution in [-0.2, 0) is 7.05 Å². The average molecular weight is 291 g/mol. The van der Waals surface area contributed by atoms with Crippen molar-refractivity contribution < 1.29 is 0 Å². The van der Waals surface area contributed by atoms with E-state index in [1.807, 2.05) is 49.5 Å². The quantitative estimate of drug-likeness (QED) is 0.509. The van der Waals surface area contributed by atoms with Gasteiger partial charge in [-0.05, 0) is 17.7 Å². The zero-order valence-corrected chi connectivity index (χ0v) is 12.4. The number of hydrogen-bond acceptors (Lipinski definition) is 2. The van der Waals surface area contributed by atoms with Crippen molar-refractivity contribution in [3.63, 3.8) is 0 Å². The van der Waals surface area contributed by atoms with Crippen LogP contribution in [0, 0.1) is 0 Å². The third-order valence-corrected chi connectivity index (χ3v) is 5.05. The van der Waals surface area contributed by atoms with Gasteiger partial charge >= 0.3 is 0 Å². The summed E-state index contributed by atoms with van der Waals surface area (Å²) in [4.78, 5) is 13.6. The Morgan fingerprint density at radius 2 is 1.57 bits per heavy atom. The molecule has 0 saturated heterocycles. The molecule has 0 fully saturated rings. The highest BCUT2D eigenvalue weighted by atomic mass is 32.1. The normalized spacial score (nSPS) is 11.3. The maximum atomic E-state index is 12.5. The third kappa shape index (κ3) is 1.82. The number of rotatable bonds is 1. The molecule has 0 aliphatic heterocycles. The summed E-state index contributed by atoms with van der Waals surface area (Å²) in [5, 5.41) is 1.83. The van der Waals surface area contributed by atoms with E-state index < -0.39 is 0 Å². The zero-order valence-electron chi connectivity index (χ0n) is 11.5. The minimum absolute atomic E-state index is 0.0653. The number of aromatic nitrogens is 1. The average Bonchev–Trinajstić information content (AvgIpc) is 2.99. The van der Waals surface area contributed by atoms with Crippen molar-refractivity contribution in [3.05, 3.63) is 71.0 Å².